The van der Waals surface area contributed by atoms with E-state index in [0.717, 1.165) is 12.8 Å². The Balaban J connectivity index is 1.98. The average Bonchev–Trinajstić information content (AvgIpc) is 2.65. The number of likely N-dealkylation sites (tertiary alicyclic amines) is 1. The molecule has 2 N–H and O–H groups in total. The Bertz CT molecular complexity index is 672. The first-order chi connectivity index (χ1) is 12.8. The minimum absolute atomic E-state index is 0.0581. The fourth-order valence-electron chi connectivity index (χ4n) is 3.31. The number of carbonyl (C=O) groups is 3. The lowest BCUT2D eigenvalue weighted by Gasteiger charge is -2.32. The zero-order chi connectivity index (χ0) is 20.0. The molecule has 0 saturated carbocycles. The lowest BCUT2D eigenvalue weighted by molar-refractivity contribution is -0.125. The lowest BCUT2D eigenvalue weighted by atomic mass is 9.89. The number of nitrogens with zero attached hydrogens (tertiary/aromatic N) is 3. The molecule has 1 atom stereocenters. The zero-order valence-electron chi connectivity index (χ0n) is 16.5. The summed E-state index contributed by atoms with van der Waals surface area (Å²) in [6.07, 6.45) is 4.08. The summed E-state index contributed by atoms with van der Waals surface area (Å²) in [6, 6.07) is 3.50. The highest BCUT2D eigenvalue weighted by Crippen LogP contribution is 2.22. The molecule has 27 heavy (non-hydrogen) atoms. The molecule has 0 bridgehead atoms. The van der Waals surface area contributed by atoms with Crippen LogP contribution >= 0.6 is 0 Å². The summed E-state index contributed by atoms with van der Waals surface area (Å²) >= 11 is 0. The van der Waals surface area contributed by atoms with Crippen molar-refractivity contribution in [2.24, 2.45) is 17.6 Å². The van der Waals surface area contributed by atoms with Crippen molar-refractivity contribution < 1.29 is 14.4 Å². The quantitative estimate of drug-likeness (QED) is 0.749. The van der Waals surface area contributed by atoms with Crippen LogP contribution in [0.25, 0.3) is 0 Å². The first-order valence-electron chi connectivity index (χ1n) is 9.55. The number of nitrogens with two attached hydrogens (primary N) is 1. The van der Waals surface area contributed by atoms with E-state index < -0.39 is 0 Å². The monoisotopic (exact) mass is 374 g/mol. The van der Waals surface area contributed by atoms with Crippen LogP contribution in [0.5, 0.6) is 0 Å². The number of amides is 2. The molecule has 2 rings (SSSR count). The van der Waals surface area contributed by atoms with Gasteiger partial charge in [0.25, 0.3) is 5.91 Å². The van der Waals surface area contributed by atoms with Crippen molar-refractivity contribution in [1.29, 1.82) is 0 Å². The molecule has 1 aliphatic heterocycles. The Labute approximate surface area is 160 Å². The number of primary amides is 1. The Hall–Kier alpha value is -2.44. The number of anilines is 1. The van der Waals surface area contributed by atoms with E-state index in [4.69, 9.17) is 5.73 Å². The minimum Gasteiger partial charge on any atom is -0.370 e. The molecule has 148 valence electrons. The number of rotatable bonds is 8. The van der Waals surface area contributed by atoms with Crippen molar-refractivity contribution in [3.8, 4) is 0 Å². The molecule has 1 aromatic rings. The van der Waals surface area contributed by atoms with Crippen molar-refractivity contribution in [3.05, 3.63) is 23.9 Å². The molecule has 0 aliphatic carbocycles. The van der Waals surface area contributed by atoms with Gasteiger partial charge < -0.3 is 15.5 Å². The number of carbonyl (C=O) groups excluding carboxylic acids is 3. The van der Waals surface area contributed by atoms with Crippen LogP contribution < -0.4 is 10.6 Å². The van der Waals surface area contributed by atoms with Crippen LogP contribution in [-0.4, -0.2) is 54.2 Å². The summed E-state index contributed by atoms with van der Waals surface area (Å²) in [5.41, 5.74) is 5.68. The average molecular weight is 374 g/mol. The molecule has 1 aromatic heterocycles. The molecule has 1 saturated heterocycles. The molecule has 0 unspecified atom stereocenters. The van der Waals surface area contributed by atoms with Crippen LogP contribution in [0.4, 0.5) is 5.82 Å². The van der Waals surface area contributed by atoms with E-state index in [-0.39, 0.29) is 29.9 Å². The Morgan fingerprint density at radius 3 is 2.67 bits per heavy atom. The van der Waals surface area contributed by atoms with Crippen molar-refractivity contribution >= 4 is 23.4 Å². The maximum atomic E-state index is 12.8. The molecule has 7 nitrogen and oxygen atoms in total. The van der Waals surface area contributed by atoms with Gasteiger partial charge in [-0.3, -0.25) is 14.4 Å². The van der Waals surface area contributed by atoms with Crippen LogP contribution in [0.15, 0.2) is 18.3 Å². The Morgan fingerprint density at radius 2 is 2.07 bits per heavy atom. The van der Waals surface area contributed by atoms with E-state index in [1.807, 2.05) is 25.8 Å². The second-order valence-corrected chi connectivity index (χ2v) is 7.70. The summed E-state index contributed by atoms with van der Waals surface area (Å²) in [5.74, 6) is 0.767. The highest BCUT2D eigenvalue weighted by molar-refractivity contribution is 5.94. The van der Waals surface area contributed by atoms with Gasteiger partial charge in [-0.25, -0.2) is 4.98 Å². The molecule has 0 aromatic carbocycles. The van der Waals surface area contributed by atoms with Gasteiger partial charge in [0.05, 0.1) is 5.56 Å². The molecule has 0 spiro atoms. The number of hydrogen-bond donors (Lipinski definition) is 1. The number of Topliss-reactive ketones (excluding diaryl/α,β-unsaturated/α-hetero) is 1. The summed E-state index contributed by atoms with van der Waals surface area (Å²) in [5, 5.41) is 0. The van der Waals surface area contributed by atoms with Gasteiger partial charge in [0.1, 0.15) is 11.6 Å². The van der Waals surface area contributed by atoms with Crippen LogP contribution in [0.2, 0.25) is 0 Å². The highest BCUT2D eigenvalue weighted by atomic mass is 16.2. The third-order valence-corrected chi connectivity index (χ3v) is 4.85. The summed E-state index contributed by atoms with van der Waals surface area (Å²) < 4.78 is 0. The fraction of sp³-hybridized carbons (Fsp3) is 0.600. The summed E-state index contributed by atoms with van der Waals surface area (Å²) in [6.45, 7) is 5.71. The third-order valence-electron chi connectivity index (χ3n) is 4.85. The normalized spacial score (nSPS) is 17.0. The summed E-state index contributed by atoms with van der Waals surface area (Å²) in [7, 11) is 1.82. The molecule has 0 radical (unpaired) electrons. The van der Waals surface area contributed by atoms with Gasteiger partial charge in [-0.05, 0) is 30.9 Å². The number of pyridine rings is 1. The van der Waals surface area contributed by atoms with Gasteiger partial charge in [-0.2, -0.15) is 0 Å². The standard InChI is InChI=1S/C20H30N4O3/c1-14(2)11-17(25)16-5-4-9-24(13-16)20(27)15-6-7-19(22-12-15)23(3)10-8-18(21)26/h6-7,12,14,16H,4-5,8-11,13H2,1-3H3,(H2,21,26)/t16-/m1/s1. The van der Waals surface area contributed by atoms with E-state index in [9.17, 15) is 14.4 Å². The number of aromatic nitrogens is 1. The van der Waals surface area contributed by atoms with E-state index in [2.05, 4.69) is 4.98 Å². The number of ketones is 1. The predicted molar refractivity (Wildman–Crippen MR) is 104 cm³/mol. The van der Waals surface area contributed by atoms with Crippen LogP contribution in [0.1, 0.15) is 49.9 Å². The van der Waals surface area contributed by atoms with Crippen molar-refractivity contribution in [2.75, 3.05) is 31.6 Å². The topological polar surface area (TPSA) is 96.6 Å². The van der Waals surface area contributed by atoms with E-state index in [1.165, 1.54) is 0 Å². The molecular formula is C20H30N4O3. The second-order valence-electron chi connectivity index (χ2n) is 7.70. The van der Waals surface area contributed by atoms with Gasteiger partial charge in [0.15, 0.2) is 0 Å². The van der Waals surface area contributed by atoms with Crippen molar-refractivity contribution in [2.45, 2.75) is 39.5 Å². The SMILES string of the molecule is CC(C)CC(=O)[C@@H]1CCCN(C(=O)c2ccc(N(C)CCC(N)=O)nc2)C1. The smallest absolute Gasteiger partial charge is 0.255 e. The molecule has 2 heterocycles. The summed E-state index contributed by atoms with van der Waals surface area (Å²) in [4.78, 5) is 43.9. The van der Waals surface area contributed by atoms with Gasteiger partial charge in [-0.15, -0.1) is 0 Å². The number of hydrogen-bond acceptors (Lipinski definition) is 5. The van der Waals surface area contributed by atoms with E-state index in [1.54, 1.807) is 23.2 Å². The molecule has 2 amide bonds. The van der Waals surface area contributed by atoms with E-state index in [0.29, 0.717) is 43.4 Å². The maximum Gasteiger partial charge on any atom is 0.255 e. The van der Waals surface area contributed by atoms with Crippen LogP contribution in [-0.2, 0) is 9.59 Å². The van der Waals surface area contributed by atoms with Crippen molar-refractivity contribution in [3.63, 3.8) is 0 Å². The van der Waals surface area contributed by atoms with Gasteiger partial charge in [0, 0.05) is 51.6 Å². The highest BCUT2D eigenvalue weighted by Gasteiger charge is 2.29. The first-order valence-corrected chi connectivity index (χ1v) is 9.55. The van der Waals surface area contributed by atoms with Crippen molar-refractivity contribution in [1.82, 2.24) is 9.88 Å². The van der Waals surface area contributed by atoms with Gasteiger partial charge in [-0.1, -0.05) is 13.8 Å². The first kappa shape index (κ1) is 20.9. The Kier molecular flexibility index (Phi) is 7.33. The van der Waals surface area contributed by atoms with Gasteiger partial charge >= 0.3 is 0 Å². The second kappa shape index (κ2) is 9.48. The third kappa shape index (κ3) is 6.05. The fourth-order valence-corrected chi connectivity index (χ4v) is 3.31. The molecular weight excluding hydrogens is 344 g/mol. The lowest BCUT2D eigenvalue weighted by Crippen LogP contribution is -2.42. The zero-order valence-corrected chi connectivity index (χ0v) is 16.5. The minimum atomic E-state index is -0.361. The van der Waals surface area contributed by atoms with E-state index >= 15 is 0 Å². The van der Waals surface area contributed by atoms with Crippen LogP contribution in [0.3, 0.4) is 0 Å². The largest absolute Gasteiger partial charge is 0.370 e. The molecule has 7 heteroatoms. The Morgan fingerprint density at radius 1 is 1.33 bits per heavy atom. The van der Waals surface area contributed by atoms with Gasteiger partial charge in [0.2, 0.25) is 5.91 Å². The maximum absolute atomic E-state index is 12.8. The number of piperidine rings is 1. The predicted octanol–water partition coefficient (Wildman–Crippen LogP) is 1.86. The molecule has 1 fully saturated rings. The molecule has 1 aliphatic rings. The van der Waals surface area contributed by atoms with Crippen LogP contribution in [0, 0.1) is 11.8 Å².